The lowest BCUT2D eigenvalue weighted by atomic mass is 10.2. The Morgan fingerprint density at radius 2 is 1.50 bits per heavy atom. The van der Waals surface area contributed by atoms with Crippen molar-refractivity contribution >= 4 is 7.92 Å². The predicted octanol–water partition coefficient (Wildman–Crippen LogP) is 3.70. The third-order valence-corrected chi connectivity index (χ3v) is 2.92. The molecule has 0 rings (SSSR count). The zero-order valence-electron chi connectivity index (χ0n) is 7.69. The van der Waals surface area contributed by atoms with Crippen molar-refractivity contribution in [3.8, 4) is 0 Å². The van der Waals surface area contributed by atoms with Crippen LogP contribution in [0.1, 0.15) is 39.0 Å². The maximum Gasteiger partial charge on any atom is -0.0331 e. The molecule has 0 amide bonds. The molecule has 0 saturated carbocycles. The smallest absolute Gasteiger partial charge is 0.0331 e. The van der Waals surface area contributed by atoms with Crippen molar-refractivity contribution in [3.63, 3.8) is 0 Å². The van der Waals surface area contributed by atoms with Crippen LogP contribution in [0.2, 0.25) is 0 Å². The molecular formula is C9H21P. The van der Waals surface area contributed by atoms with Gasteiger partial charge in [-0.3, -0.25) is 0 Å². The largest absolute Gasteiger partial charge is 0.113 e. The standard InChI is InChI=1S/C9H21P/c1-4-5-6-7-8-9-10(2)3/h4-9H2,1-3H3. The molecule has 0 N–H and O–H groups in total. The van der Waals surface area contributed by atoms with Crippen molar-refractivity contribution < 1.29 is 0 Å². The number of hydrogen-bond donors (Lipinski definition) is 0. The minimum absolute atomic E-state index is 0.379. The first-order valence-corrected chi connectivity index (χ1v) is 6.84. The summed E-state index contributed by atoms with van der Waals surface area (Å²) >= 11 is 0. The fourth-order valence-electron chi connectivity index (χ4n) is 1.03. The van der Waals surface area contributed by atoms with Crippen LogP contribution in [-0.2, 0) is 0 Å². The number of rotatable bonds is 6. The Bertz CT molecular complexity index is 59.7. The number of unbranched alkanes of at least 4 members (excludes halogenated alkanes) is 4. The Morgan fingerprint density at radius 1 is 0.900 bits per heavy atom. The Labute approximate surface area is 67.2 Å². The Hall–Kier alpha value is 0.430. The number of hydrogen-bond acceptors (Lipinski definition) is 0. The maximum atomic E-state index is 2.37. The quantitative estimate of drug-likeness (QED) is 0.410. The molecule has 0 aromatic rings. The third kappa shape index (κ3) is 8.43. The van der Waals surface area contributed by atoms with Crippen molar-refractivity contribution in [1.82, 2.24) is 0 Å². The van der Waals surface area contributed by atoms with Crippen molar-refractivity contribution in [2.45, 2.75) is 39.0 Å². The first kappa shape index (κ1) is 10.4. The van der Waals surface area contributed by atoms with Gasteiger partial charge in [0.05, 0.1) is 0 Å². The third-order valence-electron chi connectivity index (χ3n) is 1.71. The zero-order valence-corrected chi connectivity index (χ0v) is 8.58. The van der Waals surface area contributed by atoms with Gasteiger partial charge in [0, 0.05) is 0 Å². The van der Waals surface area contributed by atoms with Gasteiger partial charge in [-0.2, -0.15) is 0 Å². The van der Waals surface area contributed by atoms with Gasteiger partial charge in [-0.25, -0.2) is 0 Å². The molecule has 0 saturated heterocycles. The Balaban J connectivity index is 2.77. The first-order valence-electron chi connectivity index (χ1n) is 4.42. The molecule has 0 nitrogen and oxygen atoms in total. The van der Waals surface area contributed by atoms with Gasteiger partial charge in [0.15, 0.2) is 0 Å². The molecule has 0 spiro atoms. The van der Waals surface area contributed by atoms with Crippen LogP contribution < -0.4 is 0 Å². The summed E-state index contributed by atoms with van der Waals surface area (Å²) in [6.45, 7) is 7.01. The van der Waals surface area contributed by atoms with Crippen LogP contribution in [0.5, 0.6) is 0 Å². The van der Waals surface area contributed by atoms with E-state index in [4.69, 9.17) is 0 Å². The van der Waals surface area contributed by atoms with E-state index in [1.165, 1.54) is 38.3 Å². The monoisotopic (exact) mass is 160 g/mol. The molecule has 0 aromatic heterocycles. The summed E-state index contributed by atoms with van der Waals surface area (Å²) in [7, 11) is 0.379. The molecule has 1 heteroatoms. The van der Waals surface area contributed by atoms with Crippen molar-refractivity contribution in [1.29, 1.82) is 0 Å². The van der Waals surface area contributed by atoms with E-state index in [2.05, 4.69) is 20.3 Å². The SMILES string of the molecule is CCCCCCCP(C)C. The molecule has 0 aromatic carbocycles. The van der Waals surface area contributed by atoms with Crippen LogP contribution >= 0.6 is 7.92 Å². The molecule has 0 fully saturated rings. The molecule has 0 radical (unpaired) electrons. The molecule has 0 atom stereocenters. The molecule has 0 aliphatic carbocycles. The highest BCUT2D eigenvalue weighted by molar-refractivity contribution is 7.55. The lowest BCUT2D eigenvalue weighted by Gasteiger charge is -2.03. The average molecular weight is 160 g/mol. The molecule has 0 heterocycles. The van der Waals surface area contributed by atoms with Crippen LogP contribution in [0.15, 0.2) is 0 Å². The molecule has 0 aliphatic rings. The fraction of sp³-hybridized carbons (Fsp3) is 1.00. The highest BCUT2D eigenvalue weighted by atomic mass is 31.1. The summed E-state index contributed by atoms with van der Waals surface area (Å²) in [5.41, 5.74) is 0. The second kappa shape index (κ2) is 7.54. The van der Waals surface area contributed by atoms with Crippen LogP contribution in [0, 0.1) is 0 Å². The average Bonchev–Trinajstić information content (AvgIpc) is 1.87. The second-order valence-electron chi connectivity index (χ2n) is 3.22. The lowest BCUT2D eigenvalue weighted by molar-refractivity contribution is 0.658. The van der Waals surface area contributed by atoms with Crippen LogP contribution in [0.3, 0.4) is 0 Å². The molecule has 0 unspecified atom stereocenters. The van der Waals surface area contributed by atoms with E-state index in [0.29, 0.717) is 7.92 Å². The van der Waals surface area contributed by atoms with Gasteiger partial charge in [-0.1, -0.05) is 32.6 Å². The lowest BCUT2D eigenvalue weighted by Crippen LogP contribution is -1.82. The first-order chi connectivity index (χ1) is 4.77. The normalized spacial score (nSPS) is 10.8. The highest BCUT2D eigenvalue weighted by Gasteiger charge is 1.92. The molecule has 0 aliphatic heterocycles. The minimum Gasteiger partial charge on any atom is -0.113 e. The van der Waals surface area contributed by atoms with E-state index < -0.39 is 0 Å². The fourth-order valence-corrected chi connectivity index (χ4v) is 1.89. The summed E-state index contributed by atoms with van der Waals surface area (Å²) < 4.78 is 0. The second-order valence-corrected chi connectivity index (χ2v) is 5.82. The van der Waals surface area contributed by atoms with Gasteiger partial charge in [0.2, 0.25) is 0 Å². The summed E-state index contributed by atoms with van der Waals surface area (Å²) in [5, 5.41) is 0. The van der Waals surface area contributed by atoms with E-state index in [0.717, 1.165) is 0 Å². The van der Waals surface area contributed by atoms with Gasteiger partial charge in [0.1, 0.15) is 0 Å². The van der Waals surface area contributed by atoms with E-state index in [-0.39, 0.29) is 0 Å². The van der Waals surface area contributed by atoms with Crippen molar-refractivity contribution in [3.05, 3.63) is 0 Å². The van der Waals surface area contributed by atoms with E-state index in [1.807, 2.05) is 0 Å². The van der Waals surface area contributed by atoms with Crippen LogP contribution in [-0.4, -0.2) is 19.5 Å². The Morgan fingerprint density at radius 3 is 2.00 bits per heavy atom. The van der Waals surface area contributed by atoms with Gasteiger partial charge in [-0.05, 0) is 25.9 Å². The Kier molecular flexibility index (Phi) is 7.86. The molecule has 10 heavy (non-hydrogen) atoms. The predicted molar refractivity (Wildman–Crippen MR) is 52.4 cm³/mol. The van der Waals surface area contributed by atoms with E-state index in [1.54, 1.807) is 0 Å². The summed E-state index contributed by atoms with van der Waals surface area (Å²) in [6.07, 6.45) is 8.68. The van der Waals surface area contributed by atoms with E-state index >= 15 is 0 Å². The van der Waals surface area contributed by atoms with Gasteiger partial charge >= 0.3 is 0 Å². The van der Waals surface area contributed by atoms with Crippen molar-refractivity contribution in [2.75, 3.05) is 19.5 Å². The molecule has 0 bridgehead atoms. The zero-order chi connectivity index (χ0) is 7.82. The summed E-state index contributed by atoms with van der Waals surface area (Å²) in [5.74, 6) is 0. The van der Waals surface area contributed by atoms with Gasteiger partial charge in [0.25, 0.3) is 0 Å². The minimum atomic E-state index is 0.379. The van der Waals surface area contributed by atoms with Crippen LogP contribution in [0.4, 0.5) is 0 Å². The van der Waals surface area contributed by atoms with Gasteiger partial charge in [-0.15, -0.1) is 7.92 Å². The van der Waals surface area contributed by atoms with Crippen LogP contribution in [0.25, 0.3) is 0 Å². The summed E-state index contributed by atoms with van der Waals surface area (Å²) in [6, 6.07) is 0. The summed E-state index contributed by atoms with van der Waals surface area (Å²) in [4.78, 5) is 0. The molecular weight excluding hydrogens is 139 g/mol. The van der Waals surface area contributed by atoms with Crippen molar-refractivity contribution in [2.24, 2.45) is 0 Å². The van der Waals surface area contributed by atoms with Gasteiger partial charge < -0.3 is 0 Å². The molecule has 62 valence electrons. The van der Waals surface area contributed by atoms with E-state index in [9.17, 15) is 0 Å². The highest BCUT2D eigenvalue weighted by Crippen LogP contribution is 2.25. The maximum absolute atomic E-state index is 2.37. The topological polar surface area (TPSA) is 0 Å².